The van der Waals surface area contributed by atoms with E-state index in [9.17, 15) is 9.59 Å². The Labute approximate surface area is 169 Å². The standard InChI is InChI=1S/C23H22N4O2/c28-21(20-6-4-7-22(25-20)26-15-2-1-3-16-26)13-10-18-8-11-19(12-9-18)23(29)27-17-5-14-24-27/h4-14,17H,1-3,15-16H2. The van der Waals surface area contributed by atoms with Gasteiger partial charge in [-0.15, -0.1) is 0 Å². The molecule has 0 aliphatic carbocycles. The quantitative estimate of drug-likeness (QED) is 0.492. The molecule has 0 radical (unpaired) electrons. The van der Waals surface area contributed by atoms with E-state index in [-0.39, 0.29) is 11.7 Å². The average molecular weight is 386 g/mol. The van der Waals surface area contributed by atoms with E-state index >= 15 is 0 Å². The fourth-order valence-corrected chi connectivity index (χ4v) is 3.37. The monoisotopic (exact) mass is 386 g/mol. The number of allylic oxidation sites excluding steroid dienone is 1. The Hall–Kier alpha value is -3.54. The van der Waals surface area contributed by atoms with Crippen LogP contribution in [0.3, 0.4) is 0 Å². The zero-order valence-corrected chi connectivity index (χ0v) is 16.1. The summed E-state index contributed by atoms with van der Waals surface area (Å²) < 4.78 is 1.29. The number of piperidine rings is 1. The lowest BCUT2D eigenvalue weighted by atomic mass is 10.1. The second-order valence-electron chi connectivity index (χ2n) is 7.00. The summed E-state index contributed by atoms with van der Waals surface area (Å²) in [7, 11) is 0. The van der Waals surface area contributed by atoms with Gasteiger partial charge in [0.25, 0.3) is 5.91 Å². The average Bonchev–Trinajstić information content (AvgIpc) is 3.33. The summed E-state index contributed by atoms with van der Waals surface area (Å²) in [6.07, 6.45) is 10.0. The normalized spacial score (nSPS) is 14.3. The van der Waals surface area contributed by atoms with E-state index in [0.29, 0.717) is 11.3 Å². The molecule has 0 bridgehead atoms. The highest BCUT2D eigenvalue weighted by Crippen LogP contribution is 2.18. The largest absolute Gasteiger partial charge is 0.357 e. The Kier molecular flexibility index (Phi) is 5.61. The third-order valence-electron chi connectivity index (χ3n) is 4.96. The molecule has 1 aliphatic rings. The molecule has 29 heavy (non-hydrogen) atoms. The first kappa shape index (κ1) is 18.8. The van der Waals surface area contributed by atoms with Crippen molar-refractivity contribution in [3.05, 3.63) is 83.8 Å². The van der Waals surface area contributed by atoms with Gasteiger partial charge in [-0.1, -0.05) is 24.3 Å². The van der Waals surface area contributed by atoms with Crippen LogP contribution in [0.5, 0.6) is 0 Å². The van der Waals surface area contributed by atoms with E-state index in [1.807, 2.05) is 12.1 Å². The molecule has 4 rings (SSSR count). The SMILES string of the molecule is O=C(C=Cc1ccc(C(=O)n2cccn2)cc1)c1cccc(N2CCCCC2)n1. The van der Waals surface area contributed by atoms with Crippen LogP contribution in [0.25, 0.3) is 6.08 Å². The summed E-state index contributed by atoms with van der Waals surface area (Å²) in [6.45, 7) is 1.98. The van der Waals surface area contributed by atoms with Crippen molar-refractivity contribution in [2.24, 2.45) is 0 Å². The van der Waals surface area contributed by atoms with Gasteiger partial charge in [-0.2, -0.15) is 5.10 Å². The molecule has 146 valence electrons. The first-order chi connectivity index (χ1) is 14.2. The van der Waals surface area contributed by atoms with Crippen molar-refractivity contribution in [3.8, 4) is 0 Å². The van der Waals surface area contributed by atoms with E-state index < -0.39 is 0 Å². The van der Waals surface area contributed by atoms with Crippen LogP contribution in [-0.4, -0.2) is 39.5 Å². The van der Waals surface area contributed by atoms with Crippen molar-refractivity contribution in [1.29, 1.82) is 0 Å². The first-order valence-electron chi connectivity index (χ1n) is 9.79. The fraction of sp³-hybridized carbons (Fsp3) is 0.217. The van der Waals surface area contributed by atoms with Crippen molar-refractivity contribution >= 4 is 23.6 Å². The Balaban J connectivity index is 1.43. The third-order valence-corrected chi connectivity index (χ3v) is 4.96. The van der Waals surface area contributed by atoms with E-state index in [1.54, 1.807) is 54.9 Å². The van der Waals surface area contributed by atoms with Gasteiger partial charge in [-0.25, -0.2) is 9.67 Å². The van der Waals surface area contributed by atoms with Crippen LogP contribution in [-0.2, 0) is 0 Å². The van der Waals surface area contributed by atoms with Crippen LogP contribution in [0.1, 0.15) is 45.7 Å². The predicted octanol–water partition coefficient (Wildman–Crippen LogP) is 3.85. The number of hydrogen-bond donors (Lipinski definition) is 0. The predicted molar refractivity (Wildman–Crippen MR) is 112 cm³/mol. The van der Waals surface area contributed by atoms with Gasteiger partial charge in [-0.05, 0) is 61.2 Å². The minimum atomic E-state index is -0.194. The van der Waals surface area contributed by atoms with Crippen LogP contribution >= 0.6 is 0 Å². The summed E-state index contributed by atoms with van der Waals surface area (Å²) in [5, 5.41) is 3.95. The molecule has 0 atom stereocenters. The Morgan fingerprint density at radius 2 is 1.72 bits per heavy atom. The Morgan fingerprint density at radius 3 is 2.45 bits per heavy atom. The zero-order chi connectivity index (χ0) is 20.1. The van der Waals surface area contributed by atoms with Gasteiger partial charge < -0.3 is 4.90 Å². The molecule has 0 saturated carbocycles. The lowest BCUT2D eigenvalue weighted by Gasteiger charge is -2.27. The fourth-order valence-electron chi connectivity index (χ4n) is 3.37. The molecule has 0 amide bonds. The summed E-state index contributed by atoms with van der Waals surface area (Å²) in [5.74, 6) is 0.534. The second-order valence-corrected chi connectivity index (χ2v) is 7.00. The highest BCUT2D eigenvalue weighted by atomic mass is 16.2. The number of rotatable bonds is 5. The molecule has 0 spiro atoms. The second kappa shape index (κ2) is 8.65. The molecule has 1 fully saturated rings. The number of carbonyl (C=O) groups excluding carboxylic acids is 2. The molecular weight excluding hydrogens is 364 g/mol. The molecule has 1 saturated heterocycles. The number of ketones is 1. The molecule has 2 aromatic heterocycles. The maximum atomic E-state index is 12.6. The van der Waals surface area contributed by atoms with E-state index in [4.69, 9.17) is 0 Å². The van der Waals surface area contributed by atoms with Crippen molar-refractivity contribution in [3.63, 3.8) is 0 Å². The summed E-state index contributed by atoms with van der Waals surface area (Å²) in [6, 6.07) is 14.3. The summed E-state index contributed by atoms with van der Waals surface area (Å²) in [4.78, 5) is 31.6. The van der Waals surface area contributed by atoms with Crippen molar-refractivity contribution in [1.82, 2.24) is 14.8 Å². The van der Waals surface area contributed by atoms with Crippen LogP contribution in [0.15, 0.2) is 67.0 Å². The molecule has 1 aromatic carbocycles. The Morgan fingerprint density at radius 1 is 0.931 bits per heavy atom. The summed E-state index contributed by atoms with van der Waals surface area (Å²) in [5.41, 5.74) is 1.81. The third kappa shape index (κ3) is 4.48. The van der Waals surface area contributed by atoms with E-state index in [0.717, 1.165) is 24.5 Å². The molecule has 3 aromatic rings. The molecule has 6 nitrogen and oxygen atoms in total. The molecule has 6 heteroatoms. The van der Waals surface area contributed by atoms with Gasteiger partial charge in [-0.3, -0.25) is 9.59 Å². The number of nitrogens with zero attached hydrogens (tertiary/aromatic N) is 4. The zero-order valence-electron chi connectivity index (χ0n) is 16.1. The molecule has 3 heterocycles. The van der Waals surface area contributed by atoms with Gasteiger partial charge in [0.2, 0.25) is 5.78 Å². The Bertz CT molecular complexity index is 1020. The topological polar surface area (TPSA) is 68.1 Å². The van der Waals surface area contributed by atoms with E-state index in [2.05, 4.69) is 15.0 Å². The number of anilines is 1. The van der Waals surface area contributed by atoms with Gasteiger partial charge >= 0.3 is 0 Å². The highest BCUT2D eigenvalue weighted by molar-refractivity contribution is 6.05. The van der Waals surface area contributed by atoms with Gasteiger partial charge in [0.1, 0.15) is 11.5 Å². The summed E-state index contributed by atoms with van der Waals surface area (Å²) >= 11 is 0. The first-order valence-corrected chi connectivity index (χ1v) is 9.79. The molecule has 1 aliphatic heterocycles. The molecule has 0 unspecified atom stereocenters. The molecule has 0 N–H and O–H groups in total. The number of hydrogen-bond acceptors (Lipinski definition) is 5. The van der Waals surface area contributed by atoms with Crippen LogP contribution < -0.4 is 4.90 Å². The minimum absolute atomic E-state index is 0.138. The number of aromatic nitrogens is 3. The van der Waals surface area contributed by atoms with Crippen molar-refractivity contribution in [2.45, 2.75) is 19.3 Å². The van der Waals surface area contributed by atoms with E-state index in [1.165, 1.54) is 30.0 Å². The number of pyridine rings is 1. The smallest absolute Gasteiger partial charge is 0.278 e. The van der Waals surface area contributed by atoms with Gasteiger partial charge in [0.15, 0.2) is 0 Å². The van der Waals surface area contributed by atoms with Crippen molar-refractivity contribution < 1.29 is 9.59 Å². The van der Waals surface area contributed by atoms with Crippen molar-refractivity contribution in [2.75, 3.05) is 18.0 Å². The lowest BCUT2D eigenvalue weighted by molar-refractivity contribution is 0.0944. The van der Waals surface area contributed by atoms with Gasteiger partial charge in [0, 0.05) is 31.0 Å². The highest BCUT2D eigenvalue weighted by Gasteiger charge is 2.13. The minimum Gasteiger partial charge on any atom is -0.357 e. The maximum absolute atomic E-state index is 12.6. The van der Waals surface area contributed by atoms with Crippen LogP contribution in [0.2, 0.25) is 0 Å². The molecular formula is C23H22N4O2. The lowest BCUT2D eigenvalue weighted by Crippen LogP contribution is -2.30. The van der Waals surface area contributed by atoms with Crippen LogP contribution in [0.4, 0.5) is 5.82 Å². The van der Waals surface area contributed by atoms with Gasteiger partial charge in [0.05, 0.1) is 0 Å². The van der Waals surface area contributed by atoms with Crippen LogP contribution in [0, 0.1) is 0 Å². The maximum Gasteiger partial charge on any atom is 0.278 e. The number of benzene rings is 1. The number of carbonyl (C=O) groups is 2.